The molecule has 1 heteroatoms. The number of aromatic nitrogens is 1. The predicted molar refractivity (Wildman–Crippen MR) is 59.7 cm³/mol. The van der Waals surface area contributed by atoms with Gasteiger partial charge in [-0.3, -0.25) is 0 Å². The second-order valence-electron chi connectivity index (χ2n) is 4.30. The Morgan fingerprint density at radius 1 is 1.14 bits per heavy atom. The molecule has 2 aromatic rings. The topological polar surface area (TPSA) is 15.8 Å². The minimum Gasteiger partial charge on any atom is -0.361 e. The summed E-state index contributed by atoms with van der Waals surface area (Å²) in [6, 6.07) is 4.53. The molecule has 0 amide bonds. The zero-order valence-electron chi connectivity index (χ0n) is 8.56. The van der Waals surface area contributed by atoms with Crippen molar-refractivity contribution >= 4 is 10.9 Å². The maximum Gasteiger partial charge on any atom is 0.0459 e. The first kappa shape index (κ1) is 8.10. The Morgan fingerprint density at radius 2 is 2.00 bits per heavy atom. The third kappa shape index (κ3) is 1.02. The summed E-state index contributed by atoms with van der Waals surface area (Å²) in [5.74, 6) is 0. The molecule has 3 rings (SSSR count). The highest BCUT2D eigenvalue weighted by Crippen LogP contribution is 2.30. The lowest BCUT2D eigenvalue weighted by molar-refractivity contribution is 0.690. The van der Waals surface area contributed by atoms with Crippen LogP contribution in [0, 0.1) is 6.92 Å². The van der Waals surface area contributed by atoms with E-state index in [9.17, 15) is 0 Å². The summed E-state index contributed by atoms with van der Waals surface area (Å²) in [7, 11) is 0. The molecule has 14 heavy (non-hydrogen) atoms. The number of aryl methyl sites for hydroxylation is 3. The van der Waals surface area contributed by atoms with Crippen molar-refractivity contribution in [1.82, 2.24) is 4.98 Å². The molecule has 1 aliphatic rings. The molecule has 0 fully saturated rings. The standard InChI is InChI=1S/C13H15N/c1-9-8-14-12-7-6-10-4-2-3-5-11(10)13(9)12/h6-8,14H,2-5H2,1H3. The van der Waals surface area contributed by atoms with Gasteiger partial charge in [0.2, 0.25) is 0 Å². The van der Waals surface area contributed by atoms with Crippen molar-refractivity contribution in [3.63, 3.8) is 0 Å². The van der Waals surface area contributed by atoms with E-state index in [1.54, 1.807) is 11.1 Å². The van der Waals surface area contributed by atoms with Gasteiger partial charge in [0.1, 0.15) is 0 Å². The molecule has 1 aliphatic carbocycles. The highest BCUT2D eigenvalue weighted by atomic mass is 14.7. The van der Waals surface area contributed by atoms with E-state index in [0.717, 1.165) is 0 Å². The van der Waals surface area contributed by atoms with Crippen molar-refractivity contribution in [1.29, 1.82) is 0 Å². The van der Waals surface area contributed by atoms with Gasteiger partial charge in [-0.2, -0.15) is 0 Å². The van der Waals surface area contributed by atoms with Gasteiger partial charge in [0.25, 0.3) is 0 Å². The quantitative estimate of drug-likeness (QED) is 0.647. The number of hydrogen-bond acceptors (Lipinski definition) is 0. The Bertz CT molecular complexity index is 479. The highest BCUT2D eigenvalue weighted by Gasteiger charge is 2.13. The minimum atomic E-state index is 1.27. The summed E-state index contributed by atoms with van der Waals surface area (Å²) < 4.78 is 0. The van der Waals surface area contributed by atoms with Crippen LogP contribution >= 0.6 is 0 Å². The molecule has 0 bridgehead atoms. The van der Waals surface area contributed by atoms with Crippen LogP contribution < -0.4 is 0 Å². The average Bonchev–Trinajstić information content (AvgIpc) is 2.61. The van der Waals surface area contributed by atoms with Crippen molar-refractivity contribution in [2.24, 2.45) is 0 Å². The summed E-state index contributed by atoms with van der Waals surface area (Å²) in [4.78, 5) is 3.34. The van der Waals surface area contributed by atoms with Crippen molar-refractivity contribution in [2.45, 2.75) is 32.6 Å². The first-order valence-electron chi connectivity index (χ1n) is 5.45. The van der Waals surface area contributed by atoms with Crippen molar-refractivity contribution in [3.8, 4) is 0 Å². The molecular weight excluding hydrogens is 170 g/mol. The molecule has 0 saturated carbocycles. The van der Waals surface area contributed by atoms with Gasteiger partial charge in [0, 0.05) is 17.1 Å². The molecule has 0 aliphatic heterocycles. The van der Waals surface area contributed by atoms with Crippen LogP contribution in [0.1, 0.15) is 29.5 Å². The summed E-state index contributed by atoms with van der Waals surface area (Å²) in [5, 5.41) is 1.49. The number of benzene rings is 1. The van der Waals surface area contributed by atoms with E-state index in [2.05, 4.69) is 30.2 Å². The largest absolute Gasteiger partial charge is 0.361 e. The second kappa shape index (κ2) is 2.88. The highest BCUT2D eigenvalue weighted by molar-refractivity contribution is 5.87. The number of rotatable bonds is 0. The van der Waals surface area contributed by atoms with E-state index >= 15 is 0 Å². The smallest absolute Gasteiger partial charge is 0.0459 e. The average molecular weight is 185 g/mol. The molecule has 1 aromatic carbocycles. The Hall–Kier alpha value is -1.24. The number of hydrogen-bond donors (Lipinski definition) is 1. The fourth-order valence-corrected chi connectivity index (χ4v) is 2.66. The van der Waals surface area contributed by atoms with Crippen LogP contribution in [-0.4, -0.2) is 4.98 Å². The van der Waals surface area contributed by atoms with Crippen LogP contribution in [0.4, 0.5) is 0 Å². The van der Waals surface area contributed by atoms with Gasteiger partial charge < -0.3 is 4.98 Å². The van der Waals surface area contributed by atoms with E-state index in [0.29, 0.717) is 0 Å². The monoisotopic (exact) mass is 185 g/mol. The molecular formula is C13H15N. The summed E-state index contributed by atoms with van der Waals surface area (Å²) >= 11 is 0. The molecule has 0 atom stereocenters. The van der Waals surface area contributed by atoms with Gasteiger partial charge in [-0.05, 0) is 55.4 Å². The van der Waals surface area contributed by atoms with Crippen molar-refractivity contribution < 1.29 is 0 Å². The van der Waals surface area contributed by atoms with E-state index in [-0.39, 0.29) is 0 Å². The summed E-state index contributed by atoms with van der Waals surface area (Å²) in [6.45, 7) is 2.20. The summed E-state index contributed by atoms with van der Waals surface area (Å²) in [5.41, 5.74) is 5.89. The SMILES string of the molecule is Cc1c[nH]c2ccc3c(c12)CCCC3. The van der Waals surface area contributed by atoms with Crippen molar-refractivity contribution in [3.05, 3.63) is 35.0 Å². The van der Waals surface area contributed by atoms with E-state index < -0.39 is 0 Å². The second-order valence-corrected chi connectivity index (χ2v) is 4.30. The molecule has 0 unspecified atom stereocenters. The van der Waals surface area contributed by atoms with Crippen LogP contribution in [0.2, 0.25) is 0 Å². The first-order chi connectivity index (χ1) is 6.86. The Morgan fingerprint density at radius 3 is 2.93 bits per heavy atom. The Balaban J connectivity index is 2.38. The van der Waals surface area contributed by atoms with E-state index in [1.165, 1.54) is 42.1 Å². The minimum absolute atomic E-state index is 1.27. The predicted octanol–water partition coefficient (Wildman–Crippen LogP) is 3.36. The van der Waals surface area contributed by atoms with Gasteiger partial charge >= 0.3 is 0 Å². The van der Waals surface area contributed by atoms with Crippen molar-refractivity contribution in [2.75, 3.05) is 0 Å². The molecule has 1 aromatic heterocycles. The van der Waals surface area contributed by atoms with E-state index in [4.69, 9.17) is 0 Å². The van der Waals surface area contributed by atoms with Gasteiger partial charge in [0.15, 0.2) is 0 Å². The first-order valence-corrected chi connectivity index (χ1v) is 5.45. The maximum atomic E-state index is 3.34. The molecule has 1 nitrogen and oxygen atoms in total. The fourth-order valence-electron chi connectivity index (χ4n) is 2.66. The molecule has 72 valence electrons. The zero-order chi connectivity index (χ0) is 9.54. The lowest BCUT2D eigenvalue weighted by atomic mass is 9.88. The fraction of sp³-hybridized carbons (Fsp3) is 0.385. The molecule has 1 N–H and O–H groups in total. The van der Waals surface area contributed by atoms with Gasteiger partial charge in [-0.15, -0.1) is 0 Å². The lowest BCUT2D eigenvalue weighted by Gasteiger charge is -2.16. The Kier molecular flexibility index (Phi) is 1.66. The number of nitrogens with one attached hydrogen (secondary N) is 1. The number of aromatic amines is 1. The molecule has 1 heterocycles. The zero-order valence-corrected chi connectivity index (χ0v) is 8.56. The van der Waals surface area contributed by atoms with E-state index in [1.807, 2.05) is 0 Å². The van der Waals surface area contributed by atoms with Gasteiger partial charge in [0.05, 0.1) is 0 Å². The van der Waals surface area contributed by atoms with Crippen LogP contribution in [0.3, 0.4) is 0 Å². The van der Waals surface area contributed by atoms with Crippen LogP contribution in [0.5, 0.6) is 0 Å². The third-order valence-electron chi connectivity index (χ3n) is 3.37. The Labute approximate surface area is 84.1 Å². The maximum absolute atomic E-state index is 3.34. The number of H-pyrrole nitrogens is 1. The van der Waals surface area contributed by atoms with Gasteiger partial charge in [-0.25, -0.2) is 0 Å². The molecule has 0 saturated heterocycles. The van der Waals surface area contributed by atoms with Gasteiger partial charge in [-0.1, -0.05) is 6.07 Å². The molecule has 0 spiro atoms. The van der Waals surface area contributed by atoms with Crippen LogP contribution in [0.15, 0.2) is 18.3 Å². The van der Waals surface area contributed by atoms with Crippen LogP contribution in [-0.2, 0) is 12.8 Å². The van der Waals surface area contributed by atoms with Crippen LogP contribution in [0.25, 0.3) is 10.9 Å². The molecule has 0 radical (unpaired) electrons. The third-order valence-corrected chi connectivity index (χ3v) is 3.37. The number of fused-ring (bicyclic) bond motifs is 3. The lowest BCUT2D eigenvalue weighted by Crippen LogP contribution is -2.02. The summed E-state index contributed by atoms with van der Waals surface area (Å²) in [6.07, 6.45) is 7.39. The normalized spacial score (nSPS) is 15.8.